The number of amides is 2. The number of hydrogen-bond donors (Lipinski definition) is 1. The molecular formula is C31H39N3O4S. The Morgan fingerprint density at radius 2 is 1.59 bits per heavy atom. The highest BCUT2D eigenvalue weighted by atomic mass is 32.2. The van der Waals surface area contributed by atoms with Crippen molar-refractivity contribution in [3.05, 3.63) is 95.1 Å². The molecule has 0 spiro atoms. The van der Waals surface area contributed by atoms with Gasteiger partial charge in [-0.25, -0.2) is 8.42 Å². The van der Waals surface area contributed by atoms with Crippen LogP contribution >= 0.6 is 0 Å². The molecule has 0 fully saturated rings. The van der Waals surface area contributed by atoms with E-state index in [4.69, 9.17) is 0 Å². The molecular weight excluding hydrogens is 510 g/mol. The second-order valence-electron chi connectivity index (χ2n) is 9.93. The summed E-state index contributed by atoms with van der Waals surface area (Å²) in [5.74, 6) is -0.734. The van der Waals surface area contributed by atoms with Crippen molar-refractivity contribution in [2.24, 2.45) is 0 Å². The van der Waals surface area contributed by atoms with Crippen LogP contribution < -0.4 is 9.62 Å². The fraction of sp³-hybridized carbons (Fsp3) is 0.355. The topological polar surface area (TPSA) is 86.8 Å². The van der Waals surface area contributed by atoms with Gasteiger partial charge >= 0.3 is 0 Å². The van der Waals surface area contributed by atoms with Crippen molar-refractivity contribution >= 4 is 27.5 Å². The van der Waals surface area contributed by atoms with E-state index in [9.17, 15) is 18.0 Å². The highest BCUT2D eigenvalue weighted by Crippen LogP contribution is 2.26. The molecule has 0 aromatic heterocycles. The van der Waals surface area contributed by atoms with Gasteiger partial charge in [0.05, 0.1) is 10.6 Å². The number of benzene rings is 3. The summed E-state index contributed by atoms with van der Waals surface area (Å²) in [6, 6.07) is 20.5. The molecule has 0 aliphatic rings. The number of carbonyl (C=O) groups is 2. The summed E-state index contributed by atoms with van der Waals surface area (Å²) in [5.41, 5.74) is 4.06. The van der Waals surface area contributed by atoms with Crippen LogP contribution in [0.4, 0.5) is 5.69 Å². The summed E-state index contributed by atoms with van der Waals surface area (Å²) in [5, 5.41) is 2.91. The summed E-state index contributed by atoms with van der Waals surface area (Å²) in [7, 11) is -4.08. The quantitative estimate of drug-likeness (QED) is 0.317. The molecule has 1 atom stereocenters. The van der Waals surface area contributed by atoms with Crippen molar-refractivity contribution in [3.8, 4) is 0 Å². The van der Waals surface area contributed by atoms with Crippen LogP contribution in [0.3, 0.4) is 0 Å². The molecule has 3 aromatic rings. The average molecular weight is 550 g/mol. The van der Waals surface area contributed by atoms with Crippen LogP contribution in [0.1, 0.15) is 48.9 Å². The van der Waals surface area contributed by atoms with Gasteiger partial charge in [-0.1, -0.05) is 67.4 Å². The van der Waals surface area contributed by atoms with Gasteiger partial charge in [-0.05, 0) is 75.1 Å². The van der Waals surface area contributed by atoms with Crippen molar-refractivity contribution in [2.75, 3.05) is 17.4 Å². The normalized spacial score (nSPS) is 12.0. The Labute approximate surface area is 232 Å². The van der Waals surface area contributed by atoms with Crippen LogP contribution in [0.5, 0.6) is 0 Å². The first kappa shape index (κ1) is 29.9. The van der Waals surface area contributed by atoms with Crippen LogP contribution in [0.15, 0.2) is 77.7 Å². The predicted octanol–water partition coefficient (Wildman–Crippen LogP) is 5.14. The molecule has 0 unspecified atom stereocenters. The van der Waals surface area contributed by atoms with Crippen molar-refractivity contribution in [2.45, 2.75) is 64.9 Å². The van der Waals surface area contributed by atoms with Crippen LogP contribution in [0.25, 0.3) is 0 Å². The molecule has 0 saturated carbocycles. The maximum Gasteiger partial charge on any atom is 0.264 e. The maximum atomic E-state index is 14.0. The number of unbranched alkanes of at least 4 members (excludes halogenated alkanes) is 1. The molecule has 39 heavy (non-hydrogen) atoms. The lowest BCUT2D eigenvalue weighted by Gasteiger charge is -2.32. The van der Waals surface area contributed by atoms with Gasteiger partial charge in [0.2, 0.25) is 11.8 Å². The van der Waals surface area contributed by atoms with E-state index in [0.29, 0.717) is 12.2 Å². The molecule has 0 radical (unpaired) electrons. The molecule has 1 N–H and O–H groups in total. The zero-order valence-electron chi connectivity index (χ0n) is 23.5. The maximum absolute atomic E-state index is 14.0. The Kier molecular flexibility index (Phi) is 10.3. The van der Waals surface area contributed by atoms with E-state index in [1.165, 1.54) is 4.90 Å². The Morgan fingerprint density at radius 1 is 0.897 bits per heavy atom. The fourth-order valence-corrected chi connectivity index (χ4v) is 5.65. The van der Waals surface area contributed by atoms with E-state index in [2.05, 4.69) is 5.32 Å². The van der Waals surface area contributed by atoms with Crippen LogP contribution in [-0.4, -0.2) is 44.3 Å². The summed E-state index contributed by atoms with van der Waals surface area (Å²) in [6.07, 6.45) is 1.77. The number of anilines is 1. The second kappa shape index (κ2) is 13.4. The number of hydrogen-bond acceptors (Lipinski definition) is 4. The number of aryl methyl sites for hydroxylation is 3. The van der Waals surface area contributed by atoms with Gasteiger partial charge in [0.1, 0.15) is 12.6 Å². The van der Waals surface area contributed by atoms with E-state index in [1.54, 1.807) is 49.4 Å². The van der Waals surface area contributed by atoms with Crippen molar-refractivity contribution in [3.63, 3.8) is 0 Å². The van der Waals surface area contributed by atoms with Gasteiger partial charge in [0.25, 0.3) is 10.0 Å². The van der Waals surface area contributed by atoms with E-state index < -0.39 is 28.5 Å². The standard InChI is InChI=1S/C31H39N3O4S/c1-6-7-19-32-31(36)26(5)33(21-27-13-9-8-12-25(27)4)30(35)22-34(28-14-10-11-24(3)20-28)39(37,38)29-17-15-23(2)16-18-29/h8-18,20,26H,6-7,19,21-22H2,1-5H3,(H,32,36)/t26-/m0/s1. The minimum absolute atomic E-state index is 0.0956. The largest absolute Gasteiger partial charge is 0.354 e. The zero-order chi connectivity index (χ0) is 28.6. The first-order chi connectivity index (χ1) is 18.5. The third kappa shape index (κ3) is 7.69. The number of nitrogens with one attached hydrogen (secondary N) is 1. The Morgan fingerprint density at radius 3 is 2.23 bits per heavy atom. The third-order valence-corrected chi connectivity index (χ3v) is 8.56. The molecule has 0 aliphatic heterocycles. The molecule has 208 valence electrons. The first-order valence-electron chi connectivity index (χ1n) is 13.3. The second-order valence-corrected chi connectivity index (χ2v) is 11.8. The van der Waals surface area contributed by atoms with Crippen molar-refractivity contribution in [1.82, 2.24) is 10.2 Å². The van der Waals surface area contributed by atoms with E-state index >= 15 is 0 Å². The smallest absolute Gasteiger partial charge is 0.264 e. The van der Waals surface area contributed by atoms with Gasteiger partial charge in [0.15, 0.2) is 0 Å². The van der Waals surface area contributed by atoms with E-state index in [-0.39, 0.29) is 17.3 Å². The lowest BCUT2D eigenvalue weighted by Crippen LogP contribution is -2.51. The van der Waals surface area contributed by atoms with Crippen molar-refractivity contribution < 1.29 is 18.0 Å². The minimum atomic E-state index is -4.08. The summed E-state index contributed by atoms with van der Waals surface area (Å²) >= 11 is 0. The number of carbonyl (C=O) groups excluding carboxylic acids is 2. The molecule has 3 rings (SSSR count). The van der Waals surface area contributed by atoms with Crippen LogP contribution in [0.2, 0.25) is 0 Å². The molecule has 2 amide bonds. The van der Waals surface area contributed by atoms with Gasteiger partial charge in [0, 0.05) is 13.1 Å². The molecule has 0 heterocycles. The molecule has 7 nitrogen and oxygen atoms in total. The van der Waals surface area contributed by atoms with E-state index in [0.717, 1.165) is 39.4 Å². The molecule has 0 aliphatic carbocycles. The van der Waals surface area contributed by atoms with Crippen LogP contribution in [-0.2, 0) is 26.2 Å². The summed E-state index contributed by atoms with van der Waals surface area (Å²) in [6.45, 7) is 9.68. The number of sulfonamides is 1. The Balaban J connectivity index is 2.01. The molecule has 0 saturated heterocycles. The van der Waals surface area contributed by atoms with Crippen molar-refractivity contribution in [1.29, 1.82) is 0 Å². The molecule has 8 heteroatoms. The van der Waals surface area contributed by atoms with Gasteiger partial charge in [-0.15, -0.1) is 0 Å². The van der Waals surface area contributed by atoms with Gasteiger partial charge in [-0.2, -0.15) is 0 Å². The lowest BCUT2D eigenvalue weighted by atomic mass is 10.1. The monoisotopic (exact) mass is 549 g/mol. The Hall–Kier alpha value is -3.65. The van der Waals surface area contributed by atoms with E-state index in [1.807, 2.05) is 58.0 Å². The SMILES string of the molecule is CCCCNC(=O)[C@H](C)N(Cc1ccccc1C)C(=O)CN(c1cccc(C)c1)S(=O)(=O)c1ccc(C)cc1. The fourth-order valence-electron chi connectivity index (χ4n) is 4.24. The minimum Gasteiger partial charge on any atom is -0.354 e. The predicted molar refractivity (Wildman–Crippen MR) is 156 cm³/mol. The summed E-state index contributed by atoms with van der Waals surface area (Å²) in [4.78, 5) is 28.6. The van der Waals surface area contributed by atoms with Crippen LogP contribution in [0, 0.1) is 20.8 Å². The van der Waals surface area contributed by atoms with Gasteiger partial charge < -0.3 is 10.2 Å². The summed E-state index contributed by atoms with van der Waals surface area (Å²) < 4.78 is 28.9. The lowest BCUT2D eigenvalue weighted by molar-refractivity contribution is -0.139. The highest BCUT2D eigenvalue weighted by Gasteiger charge is 2.32. The average Bonchev–Trinajstić information content (AvgIpc) is 2.91. The number of nitrogens with zero attached hydrogens (tertiary/aromatic N) is 2. The molecule has 0 bridgehead atoms. The number of rotatable bonds is 12. The molecule has 3 aromatic carbocycles. The highest BCUT2D eigenvalue weighted by molar-refractivity contribution is 7.92. The zero-order valence-corrected chi connectivity index (χ0v) is 24.3. The van der Waals surface area contributed by atoms with Gasteiger partial charge in [-0.3, -0.25) is 13.9 Å². The Bertz CT molecular complexity index is 1390. The third-order valence-electron chi connectivity index (χ3n) is 6.78. The first-order valence-corrected chi connectivity index (χ1v) is 14.8.